The minimum atomic E-state index is -0.0691. The van der Waals surface area contributed by atoms with Crippen LogP contribution < -0.4 is 15.4 Å². The van der Waals surface area contributed by atoms with E-state index in [9.17, 15) is 4.79 Å². The number of benzene rings is 1. The Hall–Kier alpha value is -1.75. The zero-order valence-electron chi connectivity index (χ0n) is 10.8. The molecule has 2 rings (SSSR count). The summed E-state index contributed by atoms with van der Waals surface area (Å²) in [6.07, 6.45) is 0. The zero-order valence-corrected chi connectivity index (χ0v) is 10.8. The molecule has 1 fully saturated rings. The van der Waals surface area contributed by atoms with E-state index >= 15 is 0 Å². The third-order valence-electron chi connectivity index (χ3n) is 3.00. The van der Waals surface area contributed by atoms with Crippen LogP contribution in [0.4, 0.5) is 10.5 Å². The fraction of sp³-hybridized carbons (Fsp3) is 0.462. The molecule has 2 N–H and O–H groups in total. The van der Waals surface area contributed by atoms with Gasteiger partial charge in [-0.1, -0.05) is 6.07 Å². The fourth-order valence-corrected chi connectivity index (χ4v) is 1.98. The number of hydrogen-bond donors (Lipinski definition) is 2. The van der Waals surface area contributed by atoms with E-state index in [0.29, 0.717) is 5.75 Å². The Labute approximate surface area is 107 Å². The van der Waals surface area contributed by atoms with Crippen molar-refractivity contribution >= 4 is 11.7 Å². The molecule has 0 unspecified atom stereocenters. The van der Waals surface area contributed by atoms with Gasteiger partial charge in [0.05, 0.1) is 12.8 Å². The van der Waals surface area contributed by atoms with Crippen molar-refractivity contribution in [2.75, 3.05) is 38.6 Å². The second kappa shape index (κ2) is 5.73. The largest absolute Gasteiger partial charge is 0.495 e. The maximum atomic E-state index is 12.1. The number of nitrogens with one attached hydrogen (secondary N) is 2. The van der Waals surface area contributed by atoms with Gasteiger partial charge >= 0.3 is 6.03 Å². The van der Waals surface area contributed by atoms with Crippen LogP contribution in [0.25, 0.3) is 0 Å². The maximum Gasteiger partial charge on any atom is 0.322 e. The van der Waals surface area contributed by atoms with Crippen molar-refractivity contribution in [3.63, 3.8) is 0 Å². The van der Waals surface area contributed by atoms with Gasteiger partial charge in [-0.05, 0) is 24.6 Å². The van der Waals surface area contributed by atoms with Crippen LogP contribution in [0.15, 0.2) is 18.2 Å². The quantitative estimate of drug-likeness (QED) is 0.834. The molecule has 2 amide bonds. The minimum absolute atomic E-state index is 0.0691. The number of carbonyl (C=O) groups is 1. The van der Waals surface area contributed by atoms with E-state index in [1.54, 1.807) is 12.0 Å². The number of methoxy groups -OCH3 is 1. The van der Waals surface area contributed by atoms with Crippen molar-refractivity contribution in [2.24, 2.45) is 0 Å². The Balaban J connectivity index is 2.07. The molecule has 1 aromatic carbocycles. The van der Waals surface area contributed by atoms with Gasteiger partial charge in [-0.15, -0.1) is 0 Å². The Morgan fingerprint density at radius 2 is 2.11 bits per heavy atom. The molecule has 1 aromatic rings. The van der Waals surface area contributed by atoms with E-state index in [1.165, 1.54) is 0 Å². The average Bonchev–Trinajstić information content (AvgIpc) is 2.40. The molecule has 0 atom stereocenters. The smallest absolute Gasteiger partial charge is 0.322 e. The van der Waals surface area contributed by atoms with Crippen molar-refractivity contribution in [2.45, 2.75) is 6.92 Å². The standard InChI is InChI=1S/C13H19N3O2/c1-10-3-4-12(18-2)11(9-10)15-13(17)16-7-5-14-6-8-16/h3-4,9,14H,5-8H2,1-2H3,(H,15,17). The van der Waals surface area contributed by atoms with Crippen LogP contribution in [0, 0.1) is 6.92 Å². The number of amides is 2. The van der Waals surface area contributed by atoms with Crippen LogP contribution in [0.1, 0.15) is 5.56 Å². The number of aryl methyl sites for hydroxylation is 1. The average molecular weight is 249 g/mol. The maximum absolute atomic E-state index is 12.1. The van der Waals surface area contributed by atoms with E-state index in [-0.39, 0.29) is 6.03 Å². The summed E-state index contributed by atoms with van der Waals surface area (Å²) in [6, 6.07) is 5.67. The lowest BCUT2D eigenvalue weighted by Gasteiger charge is -2.27. The van der Waals surface area contributed by atoms with Gasteiger partial charge < -0.3 is 20.3 Å². The Morgan fingerprint density at radius 3 is 2.78 bits per heavy atom. The number of hydrogen-bond acceptors (Lipinski definition) is 3. The molecular formula is C13H19N3O2. The highest BCUT2D eigenvalue weighted by Gasteiger charge is 2.17. The van der Waals surface area contributed by atoms with Crippen LogP contribution >= 0.6 is 0 Å². The third-order valence-corrected chi connectivity index (χ3v) is 3.00. The molecule has 98 valence electrons. The number of piperazine rings is 1. The molecule has 5 heteroatoms. The molecule has 1 aliphatic rings. The van der Waals surface area contributed by atoms with Crippen molar-refractivity contribution < 1.29 is 9.53 Å². The topological polar surface area (TPSA) is 53.6 Å². The summed E-state index contributed by atoms with van der Waals surface area (Å²) in [5.41, 5.74) is 1.81. The van der Waals surface area contributed by atoms with E-state index in [4.69, 9.17) is 4.74 Å². The van der Waals surface area contributed by atoms with Gasteiger partial charge in [0.15, 0.2) is 0 Å². The molecular weight excluding hydrogens is 230 g/mol. The first-order valence-electron chi connectivity index (χ1n) is 6.12. The van der Waals surface area contributed by atoms with Crippen LogP contribution in [0.2, 0.25) is 0 Å². The van der Waals surface area contributed by atoms with Gasteiger partial charge in [0.2, 0.25) is 0 Å². The summed E-state index contributed by atoms with van der Waals surface area (Å²) < 4.78 is 5.24. The van der Waals surface area contributed by atoms with E-state index < -0.39 is 0 Å². The SMILES string of the molecule is COc1ccc(C)cc1NC(=O)N1CCNCC1. The summed E-state index contributed by atoms with van der Waals surface area (Å²) in [5.74, 6) is 0.684. The summed E-state index contributed by atoms with van der Waals surface area (Å²) in [7, 11) is 1.60. The van der Waals surface area contributed by atoms with Crippen LogP contribution in [0.3, 0.4) is 0 Å². The Kier molecular flexibility index (Phi) is 4.04. The zero-order chi connectivity index (χ0) is 13.0. The number of rotatable bonds is 2. The Bertz CT molecular complexity index is 428. The lowest BCUT2D eigenvalue weighted by Crippen LogP contribution is -2.48. The highest BCUT2D eigenvalue weighted by atomic mass is 16.5. The molecule has 18 heavy (non-hydrogen) atoms. The van der Waals surface area contributed by atoms with E-state index in [1.807, 2.05) is 25.1 Å². The first-order chi connectivity index (χ1) is 8.70. The fourth-order valence-electron chi connectivity index (χ4n) is 1.98. The van der Waals surface area contributed by atoms with Crippen LogP contribution in [-0.2, 0) is 0 Å². The molecule has 0 saturated carbocycles. The monoisotopic (exact) mass is 249 g/mol. The van der Waals surface area contributed by atoms with Gasteiger partial charge in [-0.2, -0.15) is 0 Å². The normalized spacial score (nSPS) is 15.3. The lowest BCUT2D eigenvalue weighted by molar-refractivity contribution is 0.203. The summed E-state index contributed by atoms with van der Waals surface area (Å²) in [6.45, 7) is 5.15. The summed E-state index contributed by atoms with van der Waals surface area (Å²) in [5, 5.41) is 6.12. The summed E-state index contributed by atoms with van der Waals surface area (Å²) >= 11 is 0. The first kappa shape index (κ1) is 12.7. The van der Waals surface area contributed by atoms with Crippen molar-refractivity contribution in [1.82, 2.24) is 10.2 Å². The number of ether oxygens (including phenoxy) is 1. The van der Waals surface area contributed by atoms with Gasteiger partial charge in [0.1, 0.15) is 5.75 Å². The van der Waals surface area contributed by atoms with Crippen molar-refractivity contribution in [1.29, 1.82) is 0 Å². The summed E-state index contributed by atoms with van der Waals surface area (Å²) in [4.78, 5) is 13.9. The number of anilines is 1. The predicted molar refractivity (Wildman–Crippen MR) is 71.2 cm³/mol. The van der Waals surface area contributed by atoms with Gasteiger partial charge in [-0.25, -0.2) is 4.79 Å². The molecule has 0 spiro atoms. The van der Waals surface area contributed by atoms with Crippen molar-refractivity contribution in [3.8, 4) is 5.75 Å². The number of nitrogens with zero attached hydrogens (tertiary/aromatic N) is 1. The lowest BCUT2D eigenvalue weighted by atomic mass is 10.2. The minimum Gasteiger partial charge on any atom is -0.495 e. The molecule has 1 heterocycles. The Morgan fingerprint density at radius 1 is 1.39 bits per heavy atom. The van der Waals surface area contributed by atoms with Gasteiger partial charge in [-0.3, -0.25) is 0 Å². The first-order valence-corrected chi connectivity index (χ1v) is 6.12. The van der Waals surface area contributed by atoms with Gasteiger partial charge in [0.25, 0.3) is 0 Å². The highest BCUT2D eigenvalue weighted by Crippen LogP contribution is 2.25. The second-order valence-corrected chi connectivity index (χ2v) is 4.37. The molecule has 1 aliphatic heterocycles. The molecule has 0 aliphatic carbocycles. The molecule has 0 radical (unpaired) electrons. The van der Waals surface area contributed by atoms with E-state index in [2.05, 4.69) is 10.6 Å². The molecule has 0 aromatic heterocycles. The molecule has 1 saturated heterocycles. The molecule has 5 nitrogen and oxygen atoms in total. The second-order valence-electron chi connectivity index (χ2n) is 4.37. The number of carbonyl (C=O) groups excluding carboxylic acids is 1. The van der Waals surface area contributed by atoms with E-state index in [0.717, 1.165) is 37.4 Å². The van der Waals surface area contributed by atoms with Crippen LogP contribution in [0.5, 0.6) is 5.75 Å². The van der Waals surface area contributed by atoms with Crippen molar-refractivity contribution in [3.05, 3.63) is 23.8 Å². The predicted octanol–water partition coefficient (Wildman–Crippen LogP) is 1.44. The van der Waals surface area contributed by atoms with Crippen LogP contribution in [-0.4, -0.2) is 44.2 Å². The molecule has 0 bridgehead atoms. The number of urea groups is 1. The highest BCUT2D eigenvalue weighted by molar-refractivity contribution is 5.91. The van der Waals surface area contributed by atoms with Gasteiger partial charge in [0, 0.05) is 26.2 Å². The third kappa shape index (κ3) is 2.92.